The Hall–Kier alpha value is -2.73. The van der Waals surface area contributed by atoms with Gasteiger partial charge in [-0.15, -0.1) is 0 Å². The van der Waals surface area contributed by atoms with Crippen LogP contribution in [0.25, 0.3) is 0 Å². The van der Waals surface area contributed by atoms with Gasteiger partial charge in [-0.3, -0.25) is 4.79 Å². The summed E-state index contributed by atoms with van der Waals surface area (Å²) >= 11 is 6.06. The van der Waals surface area contributed by atoms with Gasteiger partial charge in [0.1, 0.15) is 0 Å². The molecule has 0 aliphatic carbocycles. The number of carbonyl (C=O) groups is 2. The van der Waals surface area contributed by atoms with E-state index < -0.39 is 0 Å². The van der Waals surface area contributed by atoms with Crippen LogP contribution in [-0.4, -0.2) is 49.6 Å². The maximum absolute atomic E-state index is 12.4. The van der Waals surface area contributed by atoms with E-state index in [9.17, 15) is 9.59 Å². The topological polar surface area (TPSA) is 64.7 Å². The van der Waals surface area contributed by atoms with Crippen LogP contribution in [0.1, 0.15) is 12.5 Å². The Labute approximate surface area is 170 Å². The van der Waals surface area contributed by atoms with Crippen LogP contribution < -0.4 is 15.5 Å². The third kappa shape index (κ3) is 5.63. The Morgan fingerprint density at radius 3 is 2.39 bits per heavy atom. The van der Waals surface area contributed by atoms with Crippen LogP contribution in [0.3, 0.4) is 0 Å². The minimum atomic E-state index is -0.0875. The molecule has 1 fully saturated rings. The Balaban J connectivity index is 1.40. The first-order valence-corrected chi connectivity index (χ1v) is 9.79. The first-order valence-electron chi connectivity index (χ1n) is 9.41. The van der Waals surface area contributed by atoms with E-state index in [4.69, 9.17) is 11.6 Å². The quantitative estimate of drug-likeness (QED) is 0.808. The van der Waals surface area contributed by atoms with Crippen molar-refractivity contribution < 1.29 is 9.59 Å². The van der Waals surface area contributed by atoms with Crippen molar-refractivity contribution in [2.75, 3.05) is 42.9 Å². The highest BCUT2D eigenvalue weighted by molar-refractivity contribution is 6.30. The zero-order chi connectivity index (χ0) is 19.9. The molecule has 1 heterocycles. The molecule has 28 heavy (non-hydrogen) atoms. The number of urea groups is 1. The summed E-state index contributed by atoms with van der Waals surface area (Å²) in [5.41, 5.74) is 2.98. The molecule has 1 aliphatic heterocycles. The summed E-state index contributed by atoms with van der Waals surface area (Å²) < 4.78 is 0. The van der Waals surface area contributed by atoms with Gasteiger partial charge in [0.05, 0.1) is 0 Å². The average molecular weight is 401 g/mol. The number of rotatable bonds is 5. The standard InChI is InChI=1S/C21H25ClN4O2/c1-16(27)24-19-7-5-17(6-8-19)9-10-23-21(28)26-13-11-25(12-14-26)20-4-2-3-18(22)15-20/h2-8,15H,9-14H2,1H3,(H,23,28)(H,24,27). The van der Waals surface area contributed by atoms with E-state index in [0.717, 1.165) is 41.5 Å². The van der Waals surface area contributed by atoms with E-state index >= 15 is 0 Å². The molecule has 0 radical (unpaired) electrons. The lowest BCUT2D eigenvalue weighted by atomic mass is 10.1. The van der Waals surface area contributed by atoms with Crippen molar-refractivity contribution in [2.45, 2.75) is 13.3 Å². The van der Waals surface area contributed by atoms with Crippen molar-refractivity contribution in [3.8, 4) is 0 Å². The maximum atomic E-state index is 12.4. The minimum absolute atomic E-state index is 0.0272. The van der Waals surface area contributed by atoms with Crippen LogP contribution in [-0.2, 0) is 11.2 Å². The van der Waals surface area contributed by atoms with Crippen LogP contribution in [0.5, 0.6) is 0 Å². The van der Waals surface area contributed by atoms with E-state index in [1.165, 1.54) is 6.92 Å². The lowest BCUT2D eigenvalue weighted by Crippen LogP contribution is -2.52. The number of hydrogen-bond acceptors (Lipinski definition) is 3. The van der Waals surface area contributed by atoms with E-state index in [-0.39, 0.29) is 11.9 Å². The molecule has 0 spiro atoms. The van der Waals surface area contributed by atoms with Crippen LogP contribution in [0.2, 0.25) is 5.02 Å². The number of piperazine rings is 1. The molecule has 0 unspecified atom stereocenters. The second-order valence-electron chi connectivity index (χ2n) is 6.81. The van der Waals surface area contributed by atoms with Gasteiger partial charge < -0.3 is 20.4 Å². The van der Waals surface area contributed by atoms with E-state index in [0.29, 0.717) is 19.6 Å². The molecule has 0 aromatic heterocycles. The summed E-state index contributed by atoms with van der Waals surface area (Å²) in [6.45, 7) is 5.01. The normalized spacial score (nSPS) is 13.9. The fourth-order valence-corrected chi connectivity index (χ4v) is 3.41. The molecule has 1 saturated heterocycles. The number of anilines is 2. The Bertz CT molecular complexity index is 817. The Kier molecular flexibility index (Phi) is 6.76. The van der Waals surface area contributed by atoms with E-state index in [1.807, 2.05) is 53.4 Å². The van der Waals surface area contributed by atoms with Gasteiger partial charge in [-0.25, -0.2) is 4.79 Å². The number of amides is 3. The molecular formula is C21H25ClN4O2. The van der Waals surface area contributed by atoms with Crippen molar-refractivity contribution in [3.63, 3.8) is 0 Å². The second-order valence-corrected chi connectivity index (χ2v) is 7.25. The number of carbonyl (C=O) groups excluding carboxylic acids is 2. The number of halogens is 1. The van der Waals surface area contributed by atoms with Gasteiger partial charge in [0.15, 0.2) is 0 Å². The van der Waals surface area contributed by atoms with Gasteiger partial charge in [0, 0.05) is 56.0 Å². The first kappa shape index (κ1) is 20.0. The van der Waals surface area contributed by atoms with E-state index in [2.05, 4.69) is 15.5 Å². The second kappa shape index (κ2) is 9.46. The van der Waals surface area contributed by atoms with Gasteiger partial charge in [-0.2, -0.15) is 0 Å². The highest BCUT2D eigenvalue weighted by atomic mass is 35.5. The fourth-order valence-electron chi connectivity index (χ4n) is 3.22. The molecule has 0 atom stereocenters. The van der Waals surface area contributed by atoms with Gasteiger partial charge in [0.25, 0.3) is 0 Å². The monoisotopic (exact) mass is 400 g/mol. The van der Waals surface area contributed by atoms with Crippen LogP contribution in [0.15, 0.2) is 48.5 Å². The third-order valence-electron chi connectivity index (χ3n) is 4.70. The van der Waals surface area contributed by atoms with Crippen molar-refractivity contribution in [2.24, 2.45) is 0 Å². The summed E-state index contributed by atoms with van der Waals surface area (Å²) in [5.74, 6) is -0.0875. The molecule has 6 nitrogen and oxygen atoms in total. The highest BCUT2D eigenvalue weighted by Gasteiger charge is 2.21. The Morgan fingerprint density at radius 1 is 1.04 bits per heavy atom. The smallest absolute Gasteiger partial charge is 0.317 e. The summed E-state index contributed by atoms with van der Waals surface area (Å²) in [6, 6.07) is 15.4. The molecule has 7 heteroatoms. The van der Waals surface area contributed by atoms with Gasteiger partial charge in [-0.05, 0) is 42.3 Å². The molecule has 2 aromatic rings. The maximum Gasteiger partial charge on any atom is 0.317 e. The molecule has 2 N–H and O–H groups in total. The number of nitrogens with one attached hydrogen (secondary N) is 2. The molecule has 0 saturated carbocycles. The van der Waals surface area contributed by atoms with E-state index in [1.54, 1.807) is 0 Å². The Morgan fingerprint density at radius 2 is 1.75 bits per heavy atom. The van der Waals surface area contributed by atoms with Crippen molar-refractivity contribution in [3.05, 3.63) is 59.1 Å². The lowest BCUT2D eigenvalue weighted by molar-refractivity contribution is -0.114. The summed E-state index contributed by atoms with van der Waals surface area (Å²) in [5, 5.41) is 6.45. The minimum Gasteiger partial charge on any atom is -0.368 e. The third-order valence-corrected chi connectivity index (χ3v) is 4.94. The first-order chi connectivity index (χ1) is 13.5. The predicted molar refractivity (Wildman–Crippen MR) is 113 cm³/mol. The van der Waals surface area contributed by atoms with Gasteiger partial charge in [-0.1, -0.05) is 29.8 Å². The van der Waals surface area contributed by atoms with Crippen molar-refractivity contribution in [1.82, 2.24) is 10.2 Å². The average Bonchev–Trinajstić information content (AvgIpc) is 2.69. The molecular weight excluding hydrogens is 376 g/mol. The number of benzene rings is 2. The molecule has 1 aliphatic rings. The van der Waals surface area contributed by atoms with Crippen LogP contribution in [0, 0.1) is 0 Å². The molecule has 0 bridgehead atoms. The number of hydrogen-bond donors (Lipinski definition) is 2. The largest absolute Gasteiger partial charge is 0.368 e. The van der Waals surface area contributed by atoms with Crippen LogP contribution in [0.4, 0.5) is 16.2 Å². The van der Waals surface area contributed by atoms with Crippen LogP contribution >= 0.6 is 11.6 Å². The SMILES string of the molecule is CC(=O)Nc1ccc(CCNC(=O)N2CCN(c3cccc(Cl)c3)CC2)cc1. The predicted octanol–water partition coefficient (Wildman–Crippen LogP) is 3.37. The zero-order valence-corrected chi connectivity index (χ0v) is 16.7. The van der Waals surface area contributed by atoms with Gasteiger partial charge >= 0.3 is 6.03 Å². The number of nitrogens with zero attached hydrogens (tertiary/aromatic N) is 2. The van der Waals surface area contributed by atoms with Crippen molar-refractivity contribution in [1.29, 1.82) is 0 Å². The fraction of sp³-hybridized carbons (Fsp3) is 0.333. The lowest BCUT2D eigenvalue weighted by Gasteiger charge is -2.36. The van der Waals surface area contributed by atoms with Gasteiger partial charge in [0.2, 0.25) is 5.91 Å². The summed E-state index contributed by atoms with van der Waals surface area (Å²) in [6.07, 6.45) is 0.745. The summed E-state index contributed by atoms with van der Waals surface area (Å²) in [4.78, 5) is 27.5. The summed E-state index contributed by atoms with van der Waals surface area (Å²) in [7, 11) is 0. The molecule has 2 aromatic carbocycles. The molecule has 3 amide bonds. The highest BCUT2D eigenvalue weighted by Crippen LogP contribution is 2.20. The van der Waals surface area contributed by atoms with Crippen molar-refractivity contribution >= 4 is 34.9 Å². The molecule has 3 rings (SSSR count). The molecule has 148 valence electrons. The zero-order valence-electron chi connectivity index (χ0n) is 16.0.